The first kappa shape index (κ1) is 14.8. The van der Waals surface area contributed by atoms with E-state index in [0.29, 0.717) is 16.7 Å². The zero-order valence-corrected chi connectivity index (χ0v) is 11.8. The summed E-state index contributed by atoms with van der Waals surface area (Å²) in [6.45, 7) is 6.45. The van der Waals surface area contributed by atoms with Gasteiger partial charge in [-0.05, 0) is 36.7 Å². The lowest BCUT2D eigenvalue weighted by atomic mass is 10.1. The van der Waals surface area contributed by atoms with E-state index in [1.165, 1.54) is 0 Å². The van der Waals surface area contributed by atoms with Crippen LogP contribution in [0, 0.1) is 0 Å². The van der Waals surface area contributed by atoms with Crippen LogP contribution in [-0.4, -0.2) is 19.8 Å². The molecule has 0 aliphatic rings. The molecule has 1 unspecified atom stereocenters. The van der Waals surface area contributed by atoms with Crippen LogP contribution >= 0.6 is 23.2 Å². The summed E-state index contributed by atoms with van der Waals surface area (Å²) in [5, 5.41) is 4.69. The Kier molecular flexibility index (Phi) is 6.90. The average molecular weight is 276 g/mol. The van der Waals surface area contributed by atoms with Crippen molar-refractivity contribution in [2.45, 2.75) is 26.3 Å². The second-order valence-corrected chi connectivity index (χ2v) is 4.76. The van der Waals surface area contributed by atoms with Crippen LogP contribution in [0.5, 0.6) is 0 Å². The molecule has 96 valence electrons. The summed E-state index contributed by atoms with van der Waals surface area (Å²) in [6.07, 6.45) is 1.02. The second kappa shape index (κ2) is 7.93. The predicted molar refractivity (Wildman–Crippen MR) is 74.0 cm³/mol. The van der Waals surface area contributed by atoms with Gasteiger partial charge < -0.3 is 10.1 Å². The lowest BCUT2D eigenvalue weighted by molar-refractivity contribution is 0.112. The maximum Gasteiger partial charge on any atom is 0.0661 e. The molecular weight excluding hydrogens is 257 g/mol. The maximum absolute atomic E-state index is 6.00. The van der Waals surface area contributed by atoms with Crippen molar-refractivity contribution in [3.05, 3.63) is 33.8 Å². The molecule has 0 amide bonds. The largest absolute Gasteiger partial charge is 0.379 e. The third-order valence-electron chi connectivity index (χ3n) is 2.37. The smallest absolute Gasteiger partial charge is 0.0661 e. The average Bonchev–Trinajstić information content (AvgIpc) is 2.27. The van der Waals surface area contributed by atoms with E-state index >= 15 is 0 Å². The minimum atomic E-state index is 0.141. The predicted octanol–water partition coefficient (Wildman–Crippen LogP) is 4.07. The number of nitrogens with one attached hydrogen (secondary N) is 1. The summed E-state index contributed by atoms with van der Waals surface area (Å²) in [7, 11) is 0. The van der Waals surface area contributed by atoms with Gasteiger partial charge in [0.05, 0.1) is 12.6 Å². The Hall–Kier alpha value is -0.280. The minimum Gasteiger partial charge on any atom is -0.379 e. The quantitative estimate of drug-likeness (QED) is 0.758. The Morgan fingerprint density at radius 2 is 1.82 bits per heavy atom. The highest BCUT2D eigenvalue weighted by molar-refractivity contribution is 6.34. The summed E-state index contributed by atoms with van der Waals surface area (Å²) >= 11 is 12.0. The maximum atomic E-state index is 6.00. The number of likely N-dealkylation sites (N-methyl/N-ethyl adjacent to an activating group) is 1. The first-order valence-electron chi connectivity index (χ1n) is 5.94. The highest BCUT2D eigenvalue weighted by atomic mass is 35.5. The van der Waals surface area contributed by atoms with Crippen LogP contribution in [0.4, 0.5) is 0 Å². The first-order chi connectivity index (χ1) is 8.17. The monoisotopic (exact) mass is 275 g/mol. The van der Waals surface area contributed by atoms with Crippen LogP contribution in [0.2, 0.25) is 10.0 Å². The molecule has 0 radical (unpaired) electrons. The molecule has 1 atom stereocenters. The van der Waals surface area contributed by atoms with Crippen molar-refractivity contribution in [1.82, 2.24) is 5.32 Å². The molecule has 2 nitrogen and oxygen atoms in total. The van der Waals surface area contributed by atoms with Gasteiger partial charge in [-0.1, -0.05) is 37.0 Å². The molecule has 1 rings (SSSR count). The summed E-state index contributed by atoms with van der Waals surface area (Å²) < 4.78 is 5.58. The van der Waals surface area contributed by atoms with E-state index in [9.17, 15) is 0 Å². The zero-order valence-electron chi connectivity index (χ0n) is 10.3. The molecule has 0 aromatic heterocycles. The molecule has 1 aromatic rings. The molecule has 4 heteroatoms. The molecule has 0 aliphatic carbocycles. The molecule has 0 aliphatic heterocycles. The van der Waals surface area contributed by atoms with Crippen LogP contribution in [0.1, 0.15) is 31.9 Å². The Morgan fingerprint density at radius 3 is 2.35 bits per heavy atom. The third-order valence-corrected chi connectivity index (χ3v) is 2.81. The van der Waals surface area contributed by atoms with Crippen molar-refractivity contribution in [2.75, 3.05) is 19.8 Å². The van der Waals surface area contributed by atoms with Crippen LogP contribution < -0.4 is 5.32 Å². The minimum absolute atomic E-state index is 0.141. The molecule has 0 saturated carbocycles. The van der Waals surface area contributed by atoms with E-state index in [-0.39, 0.29) is 6.04 Å². The van der Waals surface area contributed by atoms with Gasteiger partial charge in [0.15, 0.2) is 0 Å². The number of hydrogen-bond acceptors (Lipinski definition) is 2. The standard InChI is InChI=1S/C13H19Cl2NO/c1-3-5-17-9-13(16-4-2)10-6-11(14)8-12(15)7-10/h6-8,13,16H,3-5,9H2,1-2H3. The number of rotatable bonds is 7. The lowest BCUT2D eigenvalue weighted by Crippen LogP contribution is -2.25. The van der Waals surface area contributed by atoms with E-state index < -0.39 is 0 Å². The molecule has 1 aromatic carbocycles. The van der Waals surface area contributed by atoms with E-state index in [2.05, 4.69) is 19.2 Å². The van der Waals surface area contributed by atoms with E-state index in [0.717, 1.165) is 25.1 Å². The molecule has 0 fully saturated rings. The van der Waals surface area contributed by atoms with Crippen molar-refractivity contribution in [2.24, 2.45) is 0 Å². The lowest BCUT2D eigenvalue weighted by Gasteiger charge is -2.19. The fourth-order valence-corrected chi connectivity index (χ4v) is 2.18. The summed E-state index contributed by atoms with van der Waals surface area (Å²) in [5.41, 5.74) is 1.07. The number of benzene rings is 1. The molecule has 0 bridgehead atoms. The summed E-state index contributed by atoms with van der Waals surface area (Å²) in [4.78, 5) is 0. The molecule has 17 heavy (non-hydrogen) atoms. The van der Waals surface area contributed by atoms with Crippen LogP contribution in [0.25, 0.3) is 0 Å². The highest BCUT2D eigenvalue weighted by Gasteiger charge is 2.11. The van der Waals surface area contributed by atoms with Crippen molar-refractivity contribution in [3.8, 4) is 0 Å². The van der Waals surface area contributed by atoms with Crippen molar-refractivity contribution in [1.29, 1.82) is 0 Å². The fourth-order valence-electron chi connectivity index (χ4n) is 1.64. The highest BCUT2D eigenvalue weighted by Crippen LogP contribution is 2.23. The van der Waals surface area contributed by atoms with Crippen LogP contribution in [0.3, 0.4) is 0 Å². The molecule has 0 spiro atoms. The second-order valence-electron chi connectivity index (χ2n) is 3.89. The Bertz CT molecular complexity index is 324. The van der Waals surface area contributed by atoms with Gasteiger partial charge in [-0.2, -0.15) is 0 Å². The van der Waals surface area contributed by atoms with Gasteiger partial charge in [-0.25, -0.2) is 0 Å². The van der Waals surface area contributed by atoms with Gasteiger partial charge in [-0.15, -0.1) is 0 Å². The van der Waals surface area contributed by atoms with Crippen molar-refractivity contribution < 1.29 is 4.74 Å². The van der Waals surface area contributed by atoms with Gasteiger partial charge >= 0.3 is 0 Å². The van der Waals surface area contributed by atoms with Crippen molar-refractivity contribution >= 4 is 23.2 Å². The molecular formula is C13H19Cl2NO. The van der Waals surface area contributed by atoms with Gasteiger partial charge in [0.1, 0.15) is 0 Å². The first-order valence-corrected chi connectivity index (χ1v) is 6.70. The van der Waals surface area contributed by atoms with Crippen LogP contribution in [-0.2, 0) is 4.74 Å². The van der Waals surface area contributed by atoms with E-state index in [4.69, 9.17) is 27.9 Å². The van der Waals surface area contributed by atoms with Gasteiger partial charge in [0.25, 0.3) is 0 Å². The topological polar surface area (TPSA) is 21.3 Å². The van der Waals surface area contributed by atoms with Crippen LogP contribution in [0.15, 0.2) is 18.2 Å². The molecule has 1 N–H and O–H groups in total. The normalized spacial score (nSPS) is 12.7. The summed E-state index contributed by atoms with van der Waals surface area (Å²) in [5.74, 6) is 0. The van der Waals surface area contributed by atoms with Gasteiger partial charge in [-0.3, -0.25) is 0 Å². The molecule has 0 saturated heterocycles. The van der Waals surface area contributed by atoms with Gasteiger partial charge in [0, 0.05) is 16.7 Å². The Morgan fingerprint density at radius 1 is 1.18 bits per heavy atom. The SMILES string of the molecule is CCCOCC(NCC)c1cc(Cl)cc(Cl)c1. The van der Waals surface area contributed by atoms with Crippen molar-refractivity contribution in [3.63, 3.8) is 0 Å². The summed E-state index contributed by atoms with van der Waals surface area (Å²) in [6, 6.07) is 5.73. The van der Waals surface area contributed by atoms with E-state index in [1.54, 1.807) is 6.07 Å². The Labute approximate surface area is 113 Å². The van der Waals surface area contributed by atoms with Gasteiger partial charge in [0.2, 0.25) is 0 Å². The zero-order chi connectivity index (χ0) is 12.7. The number of hydrogen-bond donors (Lipinski definition) is 1. The number of halogens is 2. The Balaban J connectivity index is 2.73. The fraction of sp³-hybridized carbons (Fsp3) is 0.538. The van der Waals surface area contributed by atoms with E-state index in [1.807, 2.05) is 12.1 Å². The third kappa shape index (κ3) is 5.26. The number of ether oxygens (including phenoxy) is 1. The molecule has 0 heterocycles.